The molecular formula is C23H24N2O7S. The maximum atomic E-state index is 12.2. The lowest BCUT2D eigenvalue weighted by Crippen LogP contribution is -2.08. The molecule has 0 unspecified atom stereocenters. The molecule has 3 aromatic rings. The summed E-state index contributed by atoms with van der Waals surface area (Å²) in [6, 6.07) is 10.6. The Balaban J connectivity index is 1.56. The molecule has 0 aliphatic heterocycles. The molecular weight excluding hydrogens is 448 g/mol. The minimum Gasteiger partial charge on any atom is -0.493 e. The van der Waals surface area contributed by atoms with Crippen LogP contribution in [-0.2, 0) is 16.1 Å². The van der Waals surface area contributed by atoms with Gasteiger partial charge in [-0.1, -0.05) is 12.1 Å². The van der Waals surface area contributed by atoms with Crippen LogP contribution >= 0.6 is 11.8 Å². The van der Waals surface area contributed by atoms with E-state index >= 15 is 0 Å². The number of thioether (sulfide) groups is 1. The van der Waals surface area contributed by atoms with Gasteiger partial charge in [0.2, 0.25) is 11.6 Å². The smallest absolute Gasteiger partial charge is 0.306 e. The van der Waals surface area contributed by atoms with Gasteiger partial charge in [0.1, 0.15) is 0 Å². The molecule has 0 radical (unpaired) electrons. The van der Waals surface area contributed by atoms with Crippen LogP contribution in [0.2, 0.25) is 0 Å². The summed E-state index contributed by atoms with van der Waals surface area (Å²) >= 11 is 1.59. The van der Waals surface area contributed by atoms with Gasteiger partial charge in [-0.15, -0.1) is 22.0 Å². The Kier molecular flexibility index (Phi) is 8.31. The highest BCUT2D eigenvalue weighted by Gasteiger charge is 2.18. The first-order chi connectivity index (χ1) is 16.0. The molecule has 9 nitrogen and oxygen atoms in total. The van der Waals surface area contributed by atoms with E-state index < -0.39 is 5.97 Å². The maximum absolute atomic E-state index is 12.2. The summed E-state index contributed by atoms with van der Waals surface area (Å²) in [5.41, 5.74) is 1.11. The normalized spacial score (nSPS) is 10.5. The molecule has 2 aromatic carbocycles. The van der Waals surface area contributed by atoms with Crippen LogP contribution < -0.4 is 14.2 Å². The molecule has 0 aliphatic carbocycles. The second-order valence-corrected chi connectivity index (χ2v) is 7.61. The zero-order valence-corrected chi connectivity index (χ0v) is 19.6. The first kappa shape index (κ1) is 24.1. The summed E-state index contributed by atoms with van der Waals surface area (Å²) < 4.78 is 26.7. The van der Waals surface area contributed by atoms with E-state index in [1.807, 2.05) is 18.4 Å². The van der Waals surface area contributed by atoms with Gasteiger partial charge in [0.05, 0.1) is 27.8 Å². The van der Waals surface area contributed by atoms with Crippen molar-refractivity contribution in [2.45, 2.75) is 24.3 Å². The zero-order valence-electron chi connectivity index (χ0n) is 18.7. The number of nitrogens with zero attached hydrogens (tertiary/aromatic N) is 2. The maximum Gasteiger partial charge on any atom is 0.306 e. The van der Waals surface area contributed by atoms with Crippen molar-refractivity contribution >= 4 is 23.5 Å². The zero-order chi connectivity index (χ0) is 23.8. The van der Waals surface area contributed by atoms with Crippen LogP contribution in [0.3, 0.4) is 0 Å². The van der Waals surface area contributed by atoms with E-state index in [1.54, 1.807) is 36.0 Å². The van der Waals surface area contributed by atoms with E-state index in [-0.39, 0.29) is 37.0 Å². The van der Waals surface area contributed by atoms with Gasteiger partial charge < -0.3 is 23.4 Å². The van der Waals surface area contributed by atoms with E-state index in [4.69, 9.17) is 23.4 Å². The second kappa shape index (κ2) is 11.4. The summed E-state index contributed by atoms with van der Waals surface area (Å²) in [6.07, 6.45) is 1.97. The Morgan fingerprint density at radius 2 is 1.61 bits per heavy atom. The van der Waals surface area contributed by atoms with Crippen LogP contribution in [0.4, 0.5) is 0 Å². The van der Waals surface area contributed by atoms with Gasteiger partial charge in [0.25, 0.3) is 5.89 Å². The lowest BCUT2D eigenvalue weighted by Gasteiger charge is -2.12. The highest BCUT2D eigenvalue weighted by Crippen LogP contribution is 2.40. The standard InChI is InChI=1S/C23H24N2O7S/c1-28-18-11-15(12-19(29-2)22(18)30-3)23-25-24-20(32-23)13-31-21(27)10-9-17(26)14-5-7-16(33-4)8-6-14/h5-8,11-12H,9-10,13H2,1-4H3. The molecule has 0 bridgehead atoms. The third-order valence-corrected chi connectivity index (χ3v) is 5.45. The third kappa shape index (κ3) is 6.04. The fourth-order valence-electron chi connectivity index (χ4n) is 2.98. The van der Waals surface area contributed by atoms with E-state index in [9.17, 15) is 9.59 Å². The predicted octanol–water partition coefficient (Wildman–Crippen LogP) is 4.19. The van der Waals surface area contributed by atoms with E-state index in [0.717, 1.165) is 4.90 Å². The van der Waals surface area contributed by atoms with E-state index in [1.165, 1.54) is 21.3 Å². The van der Waals surface area contributed by atoms with Crippen molar-refractivity contribution in [2.75, 3.05) is 27.6 Å². The fourth-order valence-corrected chi connectivity index (χ4v) is 3.39. The van der Waals surface area contributed by atoms with Crippen molar-refractivity contribution in [3.63, 3.8) is 0 Å². The first-order valence-electron chi connectivity index (χ1n) is 9.94. The number of carbonyl (C=O) groups excluding carboxylic acids is 2. The van der Waals surface area contributed by atoms with Crippen molar-refractivity contribution in [3.8, 4) is 28.7 Å². The highest BCUT2D eigenvalue weighted by atomic mass is 32.2. The van der Waals surface area contributed by atoms with Crippen molar-refractivity contribution in [1.82, 2.24) is 10.2 Å². The molecule has 0 saturated heterocycles. The molecule has 0 atom stereocenters. The van der Waals surface area contributed by atoms with Crippen LogP contribution in [-0.4, -0.2) is 49.5 Å². The average molecular weight is 473 g/mol. The van der Waals surface area contributed by atoms with E-state index in [0.29, 0.717) is 28.4 Å². The molecule has 0 saturated carbocycles. The minimum atomic E-state index is -0.531. The van der Waals surface area contributed by atoms with Gasteiger partial charge in [-0.05, 0) is 30.5 Å². The quantitative estimate of drug-likeness (QED) is 0.229. The Hall–Kier alpha value is -3.53. The topological polar surface area (TPSA) is 110 Å². The number of esters is 1. The van der Waals surface area contributed by atoms with Crippen LogP contribution in [0.5, 0.6) is 17.2 Å². The summed E-state index contributed by atoms with van der Waals surface area (Å²) in [4.78, 5) is 25.4. The van der Waals surface area contributed by atoms with Gasteiger partial charge >= 0.3 is 5.97 Å². The number of methoxy groups -OCH3 is 3. The number of benzene rings is 2. The van der Waals surface area contributed by atoms with Crippen LogP contribution in [0.1, 0.15) is 29.1 Å². The molecule has 3 rings (SSSR count). The summed E-state index contributed by atoms with van der Waals surface area (Å²) in [5.74, 6) is 0.970. The Morgan fingerprint density at radius 1 is 0.939 bits per heavy atom. The van der Waals surface area contributed by atoms with Gasteiger partial charge in [0, 0.05) is 22.4 Å². The summed E-state index contributed by atoms with van der Waals surface area (Å²) in [7, 11) is 4.52. The van der Waals surface area contributed by atoms with E-state index in [2.05, 4.69) is 10.2 Å². The highest BCUT2D eigenvalue weighted by molar-refractivity contribution is 7.98. The molecule has 0 aliphatic rings. The molecule has 0 N–H and O–H groups in total. The van der Waals surface area contributed by atoms with Crippen LogP contribution in [0, 0.1) is 0 Å². The molecule has 1 aromatic heterocycles. The SMILES string of the molecule is COc1cc(-c2nnc(COC(=O)CCC(=O)c3ccc(SC)cc3)o2)cc(OC)c1OC. The number of rotatable bonds is 11. The number of Topliss-reactive ketones (excluding diaryl/α,β-unsaturated/α-hetero) is 1. The molecule has 10 heteroatoms. The minimum absolute atomic E-state index is 0.0447. The van der Waals surface area contributed by atoms with Gasteiger partial charge in [-0.25, -0.2) is 0 Å². The molecule has 174 valence electrons. The van der Waals surface area contributed by atoms with Crippen molar-refractivity contribution < 1.29 is 33.0 Å². The number of hydrogen-bond acceptors (Lipinski definition) is 10. The van der Waals surface area contributed by atoms with Gasteiger partial charge in [-0.2, -0.15) is 0 Å². The van der Waals surface area contributed by atoms with Crippen molar-refractivity contribution in [3.05, 3.63) is 47.9 Å². The number of ketones is 1. The molecule has 0 fully saturated rings. The molecule has 33 heavy (non-hydrogen) atoms. The number of carbonyl (C=O) groups is 2. The first-order valence-corrected chi connectivity index (χ1v) is 11.2. The largest absolute Gasteiger partial charge is 0.493 e. The molecule has 1 heterocycles. The van der Waals surface area contributed by atoms with Crippen LogP contribution in [0.25, 0.3) is 11.5 Å². The Labute approximate surface area is 195 Å². The van der Waals surface area contributed by atoms with Crippen molar-refractivity contribution in [1.29, 1.82) is 0 Å². The third-order valence-electron chi connectivity index (χ3n) is 4.70. The Morgan fingerprint density at radius 3 is 2.18 bits per heavy atom. The monoisotopic (exact) mass is 472 g/mol. The number of hydrogen-bond donors (Lipinski definition) is 0. The lowest BCUT2D eigenvalue weighted by atomic mass is 10.1. The lowest BCUT2D eigenvalue weighted by molar-refractivity contribution is -0.145. The summed E-state index contributed by atoms with van der Waals surface area (Å²) in [6.45, 7) is -0.202. The molecule has 0 amide bonds. The number of ether oxygens (including phenoxy) is 4. The average Bonchev–Trinajstić information content (AvgIpc) is 3.34. The van der Waals surface area contributed by atoms with Crippen LogP contribution in [0.15, 0.2) is 45.7 Å². The van der Waals surface area contributed by atoms with Crippen molar-refractivity contribution in [2.24, 2.45) is 0 Å². The fraction of sp³-hybridized carbons (Fsp3) is 0.304. The predicted molar refractivity (Wildman–Crippen MR) is 121 cm³/mol. The molecule has 0 spiro atoms. The number of aromatic nitrogens is 2. The Bertz CT molecular complexity index is 1090. The van der Waals surface area contributed by atoms with Gasteiger partial charge in [-0.3, -0.25) is 9.59 Å². The van der Waals surface area contributed by atoms with Gasteiger partial charge in [0.15, 0.2) is 23.9 Å². The summed E-state index contributed by atoms with van der Waals surface area (Å²) in [5, 5.41) is 7.88. The second-order valence-electron chi connectivity index (χ2n) is 6.73.